The van der Waals surface area contributed by atoms with E-state index in [0.717, 1.165) is 22.6 Å². The highest BCUT2D eigenvalue weighted by atomic mass is 16.6. The summed E-state index contributed by atoms with van der Waals surface area (Å²) in [7, 11) is 0. The zero-order valence-electron chi connectivity index (χ0n) is 11.8. The number of non-ortho nitro benzene ring substituents is 1. The van der Waals surface area contributed by atoms with Crippen molar-refractivity contribution in [1.29, 1.82) is 0 Å². The van der Waals surface area contributed by atoms with Crippen LogP contribution in [-0.2, 0) is 0 Å². The van der Waals surface area contributed by atoms with Crippen LogP contribution in [0.2, 0.25) is 0 Å². The van der Waals surface area contributed by atoms with Crippen LogP contribution < -0.4 is 5.32 Å². The molecule has 20 heavy (non-hydrogen) atoms. The van der Waals surface area contributed by atoms with Crippen molar-refractivity contribution in [3.05, 3.63) is 63.5 Å². The van der Waals surface area contributed by atoms with Crippen LogP contribution in [-0.4, -0.2) is 9.91 Å². The molecule has 1 unspecified atom stereocenters. The van der Waals surface area contributed by atoms with E-state index in [1.165, 1.54) is 6.07 Å². The van der Waals surface area contributed by atoms with Gasteiger partial charge in [0.1, 0.15) is 0 Å². The first-order valence-electron chi connectivity index (χ1n) is 6.42. The molecule has 0 amide bonds. The van der Waals surface area contributed by atoms with Crippen molar-refractivity contribution in [2.75, 3.05) is 5.32 Å². The predicted molar refractivity (Wildman–Crippen MR) is 78.8 cm³/mol. The van der Waals surface area contributed by atoms with Crippen LogP contribution >= 0.6 is 0 Å². The number of aromatic nitrogens is 1. The summed E-state index contributed by atoms with van der Waals surface area (Å²) >= 11 is 0. The van der Waals surface area contributed by atoms with Gasteiger partial charge >= 0.3 is 0 Å². The maximum atomic E-state index is 10.8. The Bertz CT molecular complexity index is 641. The van der Waals surface area contributed by atoms with E-state index in [2.05, 4.69) is 10.3 Å². The van der Waals surface area contributed by atoms with Crippen molar-refractivity contribution in [3.63, 3.8) is 0 Å². The number of nitrogens with zero attached hydrogens (tertiary/aromatic N) is 2. The maximum Gasteiger partial charge on any atom is 0.269 e. The molecule has 0 bridgehead atoms. The lowest BCUT2D eigenvalue weighted by atomic mass is 10.1. The molecule has 0 aliphatic rings. The minimum absolute atomic E-state index is 0.0295. The van der Waals surface area contributed by atoms with Crippen molar-refractivity contribution in [1.82, 2.24) is 4.98 Å². The van der Waals surface area contributed by atoms with Gasteiger partial charge in [0.05, 0.1) is 16.3 Å². The summed E-state index contributed by atoms with van der Waals surface area (Å²) in [6.45, 7) is 5.86. The van der Waals surface area contributed by atoms with Crippen molar-refractivity contribution in [2.45, 2.75) is 26.8 Å². The molecule has 2 aromatic rings. The number of anilines is 1. The Morgan fingerprint density at radius 1 is 1.25 bits per heavy atom. The van der Waals surface area contributed by atoms with E-state index in [1.54, 1.807) is 12.1 Å². The number of hydrogen-bond acceptors (Lipinski definition) is 4. The number of rotatable bonds is 4. The Hall–Kier alpha value is -2.43. The first-order valence-corrected chi connectivity index (χ1v) is 6.42. The second-order valence-electron chi connectivity index (χ2n) is 4.80. The van der Waals surface area contributed by atoms with Crippen molar-refractivity contribution >= 4 is 11.4 Å². The van der Waals surface area contributed by atoms with E-state index in [0.29, 0.717) is 0 Å². The van der Waals surface area contributed by atoms with Gasteiger partial charge in [-0.1, -0.05) is 12.1 Å². The standard InChI is InChI=1S/C15H17N3O2/c1-10-7-8-15(12(3)16-10)17-11(2)13-5-4-6-14(9-13)18(19)20/h4-9,11,17H,1-3H3. The van der Waals surface area contributed by atoms with Crippen molar-refractivity contribution in [2.24, 2.45) is 0 Å². The molecular formula is C15H17N3O2. The molecule has 1 heterocycles. The van der Waals surface area contributed by atoms with Gasteiger partial charge in [-0.2, -0.15) is 0 Å². The predicted octanol–water partition coefficient (Wildman–Crippen LogP) is 3.78. The Morgan fingerprint density at radius 3 is 2.65 bits per heavy atom. The maximum absolute atomic E-state index is 10.8. The summed E-state index contributed by atoms with van der Waals surface area (Å²) < 4.78 is 0. The number of benzene rings is 1. The number of pyridine rings is 1. The summed E-state index contributed by atoms with van der Waals surface area (Å²) in [5.74, 6) is 0. The Kier molecular flexibility index (Phi) is 3.98. The summed E-state index contributed by atoms with van der Waals surface area (Å²) in [6.07, 6.45) is 0. The molecule has 1 aromatic carbocycles. The zero-order chi connectivity index (χ0) is 14.7. The summed E-state index contributed by atoms with van der Waals surface area (Å²) in [6, 6.07) is 10.6. The normalized spacial score (nSPS) is 11.9. The van der Waals surface area contributed by atoms with Gasteiger partial charge in [0.25, 0.3) is 5.69 Å². The van der Waals surface area contributed by atoms with Gasteiger partial charge in [0.2, 0.25) is 0 Å². The molecule has 1 atom stereocenters. The van der Waals surface area contributed by atoms with Crippen LogP contribution in [0.5, 0.6) is 0 Å². The number of aryl methyl sites for hydroxylation is 2. The lowest BCUT2D eigenvalue weighted by molar-refractivity contribution is -0.384. The first kappa shape index (κ1) is 14.0. The minimum Gasteiger partial charge on any atom is -0.377 e. The van der Waals surface area contributed by atoms with Gasteiger partial charge in [-0.3, -0.25) is 15.1 Å². The molecule has 5 heteroatoms. The fraction of sp³-hybridized carbons (Fsp3) is 0.267. The molecular weight excluding hydrogens is 254 g/mol. The summed E-state index contributed by atoms with van der Waals surface area (Å²) in [5.41, 5.74) is 3.81. The lowest BCUT2D eigenvalue weighted by Gasteiger charge is -2.17. The third kappa shape index (κ3) is 3.12. The second kappa shape index (κ2) is 5.69. The Balaban J connectivity index is 2.21. The van der Waals surface area contributed by atoms with E-state index in [9.17, 15) is 10.1 Å². The van der Waals surface area contributed by atoms with E-state index >= 15 is 0 Å². The van der Waals surface area contributed by atoms with Crippen molar-refractivity contribution in [3.8, 4) is 0 Å². The summed E-state index contributed by atoms with van der Waals surface area (Å²) in [4.78, 5) is 14.8. The van der Waals surface area contributed by atoms with Gasteiger partial charge in [-0.15, -0.1) is 0 Å². The van der Waals surface area contributed by atoms with Gasteiger partial charge < -0.3 is 5.32 Å². The molecule has 5 nitrogen and oxygen atoms in total. The largest absolute Gasteiger partial charge is 0.377 e. The minimum atomic E-state index is -0.380. The van der Waals surface area contributed by atoms with Gasteiger partial charge in [-0.05, 0) is 38.5 Å². The zero-order valence-corrected chi connectivity index (χ0v) is 11.8. The Morgan fingerprint density at radius 2 is 2.00 bits per heavy atom. The molecule has 2 rings (SSSR count). The van der Waals surface area contributed by atoms with Crippen LogP contribution in [0.25, 0.3) is 0 Å². The molecule has 0 aliphatic heterocycles. The molecule has 0 radical (unpaired) electrons. The molecule has 1 aromatic heterocycles. The smallest absolute Gasteiger partial charge is 0.269 e. The number of hydrogen-bond donors (Lipinski definition) is 1. The van der Waals surface area contributed by atoms with Crippen molar-refractivity contribution < 1.29 is 4.92 Å². The highest BCUT2D eigenvalue weighted by Gasteiger charge is 2.11. The molecule has 0 saturated carbocycles. The highest BCUT2D eigenvalue weighted by molar-refractivity contribution is 5.50. The van der Waals surface area contributed by atoms with Crippen LogP contribution in [0, 0.1) is 24.0 Å². The third-order valence-corrected chi connectivity index (χ3v) is 3.18. The number of nitro groups is 1. The molecule has 0 saturated heterocycles. The second-order valence-corrected chi connectivity index (χ2v) is 4.80. The molecule has 0 spiro atoms. The molecule has 0 aliphatic carbocycles. The molecule has 0 fully saturated rings. The lowest BCUT2D eigenvalue weighted by Crippen LogP contribution is -2.08. The first-order chi connectivity index (χ1) is 9.47. The number of nitrogens with one attached hydrogen (secondary N) is 1. The van der Waals surface area contributed by atoms with E-state index in [1.807, 2.05) is 39.0 Å². The van der Waals surface area contributed by atoms with E-state index in [4.69, 9.17) is 0 Å². The van der Waals surface area contributed by atoms with Crippen LogP contribution in [0.1, 0.15) is 29.9 Å². The van der Waals surface area contributed by atoms with Gasteiger partial charge in [-0.25, -0.2) is 0 Å². The van der Waals surface area contributed by atoms with Crippen LogP contribution in [0.15, 0.2) is 36.4 Å². The van der Waals surface area contributed by atoms with Crippen LogP contribution in [0.4, 0.5) is 11.4 Å². The average Bonchev–Trinajstić information content (AvgIpc) is 2.42. The van der Waals surface area contributed by atoms with Crippen LogP contribution in [0.3, 0.4) is 0 Å². The topological polar surface area (TPSA) is 68.1 Å². The molecule has 104 valence electrons. The number of nitro benzene ring substituents is 1. The third-order valence-electron chi connectivity index (χ3n) is 3.18. The van der Waals surface area contributed by atoms with Gasteiger partial charge in [0.15, 0.2) is 0 Å². The molecule has 1 N–H and O–H groups in total. The Labute approximate surface area is 117 Å². The SMILES string of the molecule is Cc1ccc(NC(C)c2cccc([N+](=O)[O-])c2)c(C)n1. The van der Waals surface area contributed by atoms with E-state index < -0.39 is 0 Å². The summed E-state index contributed by atoms with van der Waals surface area (Å²) in [5, 5.41) is 14.1. The van der Waals surface area contributed by atoms with E-state index in [-0.39, 0.29) is 16.7 Å². The fourth-order valence-electron chi connectivity index (χ4n) is 2.06. The van der Waals surface area contributed by atoms with Gasteiger partial charge in [0, 0.05) is 23.9 Å². The monoisotopic (exact) mass is 271 g/mol. The average molecular weight is 271 g/mol. The quantitative estimate of drug-likeness (QED) is 0.678. The fourth-order valence-corrected chi connectivity index (χ4v) is 2.06. The highest BCUT2D eigenvalue weighted by Crippen LogP contribution is 2.24.